The van der Waals surface area contributed by atoms with Crippen LogP contribution >= 0.6 is 15.9 Å². The maximum absolute atomic E-state index is 12.6. The summed E-state index contributed by atoms with van der Waals surface area (Å²) in [5.74, 6) is 0.593. The van der Waals surface area contributed by atoms with Gasteiger partial charge in [0.2, 0.25) is 5.91 Å². The largest absolute Gasteiger partial charge is 0.342 e. The molecule has 3 heteroatoms. The normalized spacial score (nSPS) is 24.1. The number of fused-ring (bicyclic) bond motifs is 1. The fourth-order valence-corrected chi connectivity index (χ4v) is 3.64. The summed E-state index contributed by atoms with van der Waals surface area (Å²) in [5, 5.41) is 0. The van der Waals surface area contributed by atoms with E-state index in [1.54, 1.807) is 0 Å². The quantitative estimate of drug-likeness (QED) is 0.727. The minimum atomic E-state index is 0.210. The van der Waals surface area contributed by atoms with Crippen LogP contribution in [-0.4, -0.2) is 28.7 Å². The molecule has 0 spiro atoms. The third-order valence-electron chi connectivity index (χ3n) is 4.43. The standard InChI is InChI=1S/C16H20BrNO/c17-15-7-9-18(10-8-15)16(19)14-6-5-12-3-1-2-4-13(12)11-14/h1-4,14-15H,5-11H2. The molecule has 0 N–H and O–H groups in total. The Hall–Kier alpha value is -0.830. The molecule has 1 aliphatic carbocycles. The molecule has 0 saturated carbocycles. The highest BCUT2D eigenvalue weighted by Crippen LogP contribution is 2.28. The molecule has 0 radical (unpaired) electrons. The molecule has 1 amide bonds. The lowest BCUT2D eigenvalue weighted by Gasteiger charge is -2.34. The molecule has 1 fully saturated rings. The Kier molecular flexibility index (Phi) is 3.92. The number of aryl methyl sites for hydroxylation is 1. The van der Waals surface area contributed by atoms with Crippen molar-refractivity contribution in [1.29, 1.82) is 0 Å². The van der Waals surface area contributed by atoms with Crippen molar-refractivity contribution in [3.8, 4) is 0 Å². The van der Waals surface area contributed by atoms with Crippen molar-refractivity contribution in [2.24, 2.45) is 5.92 Å². The molecule has 1 aromatic rings. The molecular formula is C16H20BrNO. The van der Waals surface area contributed by atoms with Gasteiger partial charge in [-0.25, -0.2) is 0 Å². The van der Waals surface area contributed by atoms with E-state index >= 15 is 0 Å². The highest BCUT2D eigenvalue weighted by atomic mass is 79.9. The number of halogens is 1. The highest BCUT2D eigenvalue weighted by Gasteiger charge is 2.30. The van der Waals surface area contributed by atoms with E-state index in [9.17, 15) is 4.79 Å². The molecule has 1 aliphatic heterocycles. The van der Waals surface area contributed by atoms with E-state index in [4.69, 9.17) is 0 Å². The van der Waals surface area contributed by atoms with Crippen LogP contribution in [0.15, 0.2) is 24.3 Å². The Balaban J connectivity index is 1.66. The number of hydrogen-bond donors (Lipinski definition) is 0. The molecule has 102 valence electrons. The summed E-state index contributed by atoms with van der Waals surface area (Å²) in [5.41, 5.74) is 2.81. The molecule has 1 aromatic carbocycles. The number of hydrogen-bond acceptors (Lipinski definition) is 1. The maximum Gasteiger partial charge on any atom is 0.226 e. The summed E-state index contributed by atoms with van der Waals surface area (Å²) < 4.78 is 0. The second-order valence-electron chi connectivity index (χ2n) is 5.71. The van der Waals surface area contributed by atoms with Gasteiger partial charge in [-0.3, -0.25) is 4.79 Å². The first-order chi connectivity index (χ1) is 9.24. The van der Waals surface area contributed by atoms with Crippen LogP contribution < -0.4 is 0 Å². The summed E-state index contributed by atoms with van der Waals surface area (Å²) in [4.78, 5) is 15.3. The molecule has 1 atom stereocenters. The predicted molar refractivity (Wildman–Crippen MR) is 80.5 cm³/mol. The van der Waals surface area contributed by atoms with Gasteiger partial charge in [-0.05, 0) is 43.2 Å². The average molecular weight is 322 g/mol. The number of alkyl halides is 1. The van der Waals surface area contributed by atoms with Crippen molar-refractivity contribution in [3.05, 3.63) is 35.4 Å². The van der Waals surface area contributed by atoms with Crippen LogP contribution in [0.5, 0.6) is 0 Å². The number of carbonyl (C=O) groups is 1. The first kappa shape index (κ1) is 13.2. The molecule has 2 aliphatic rings. The molecule has 3 rings (SSSR count). The van der Waals surface area contributed by atoms with Gasteiger partial charge in [0.25, 0.3) is 0 Å². The van der Waals surface area contributed by atoms with Gasteiger partial charge in [-0.1, -0.05) is 40.2 Å². The average Bonchev–Trinajstić information content (AvgIpc) is 2.47. The Morgan fingerprint density at radius 2 is 1.79 bits per heavy atom. The zero-order valence-corrected chi connectivity index (χ0v) is 12.7. The zero-order valence-electron chi connectivity index (χ0n) is 11.1. The van der Waals surface area contributed by atoms with Crippen molar-refractivity contribution in [1.82, 2.24) is 4.90 Å². The molecule has 0 bridgehead atoms. The summed E-state index contributed by atoms with van der Waals surface area (Å²) in [6.45, 7) is 1.85. The first-order valence-corrected chi connectivity index (χ1v) is 8.15. The third kappa shape index (κ3) is 2.86. The van der Waals surface area contributed by atoms with E-state index in [1.165, 1.54) is 11.1 Å². The maximum atomic E-state index is 12.6. The Bertz CT molecular complexity index is 466. The first-order valence-electron chi connectivity index (χ1n) is 7.23. The predicted octanol–water partition coefficient (Wildman–Crippen LogP) is 3.18. The smallest absolute Gasteiger partial charge is 0.226 e. The number of rotatable bonds is 1. The molecule has 19 heavy (non-hydrogen) atoms. The number of nitrogens with zero attached hydrogens (tertiary/aromatic N) is 1. The second-order valence-corrected chi connectivity index (χ2v) is 7.00. The molecular weight excluding hydrogens is 302 g/mol. The van der Waals surface area contributed by atoms with Gasteiger partial charge in [-0.2, -0.15) is 0 Å². The van der Waals surface area contributed by atoms with E-state index < -0.39 is 0 Å². The van der Waals surface area contributed by atoms with Crippen LogP contribution in [0.3, 0.4) is 0 Å². The van der Waals surface area contributed by atoms with E-state index in [0.29, 0.717) is 10.7 Å². The third-order valence-corrected chi connectivity index (χ3v) is 5.35. The molecule has 1 heterocycles. The van der Waals surface area contributed by atoms with Gasteiger partial charge in [0.15, 0.2) is 0 Å². The van der Waals surface area contributed by atoms with Gasteiger partial charge in [-0.15, -0.1) is 0 Å². The summed E-state index contributed by atoms with van der Waals surface area (Å²) in [7, 11) is 0. The zero-order chi connectivity index (χ0) is 13.2. The molecule has 1 unspecified atom stereocenters. The van der Waals surface area contributed by atoms with Crippen LogP contribution in [0, 0.1) is 5.92 Å². The van der Waals surface area contributed by atoms with Crippen LogP contribution in [0.2, 0.25) is 0 Å². The minimum absolute atomic E-state index is 0.210. The lowest BCUT2D eigenvalue weighted by molar-refractivity contribution is -0.136. The van der Waals surface area contributed by atoms with Crippen LogP contribution in [-0.2, 0) is 17.6 Å². The van der Waals surface area contributed by atoms with Crippen molar-refractivity contribution < 1.29 is 4.79 Å². The molecule has 2 nitrogen and oxygen atoms in total. The monoisotopic (exact) mass is 321 g/mol. The summed E-state index contributed by atoms with van der Waals surface area (Å²) in [6.07, 6.45) is 5.19. The van der Waals surface area contributed by atoms with Gasteiger partial charge in [0, 0.05) is 23.8 Å². The van der Waals surface area contributed by atoms with Gasteiger partial charge in [0.1, 0.15) is 0 Å². The van der Waals surface area contributed by atoms with Crippen LogP contribution in [0.1, 0.15) is 30.4 Å². The number of amides is 1. The van der Waals surface area contributed by atoms with Gasteiger partial charge < -0.3 is 4.90 Å². The Labute approximate surface area is 123 Å². The number of likely N-dealkylation sites (tertiary alicyclic amines) is 1. The Morgan fingerprint density at radius 3 is 2.53 bits per heavy atom. The number of piperidine rings is 1. The minimum Gasteiger partial charge on any atom is -0.342 e. The van der Waals surface area contributed by atoms with Crippen LogP contribution in [0.25, 0.3) is 0 Å². The molecule has 0 aromatic heterocycles. The number of carbonyl (C=O) groups excluding carboxylic acids is 1. The van der Waals surface area contributed by atoms with E-state index in [0.717, 1.165) is 45.2 Å². The van der Waals surface area contributed by atoms with Crippen molar-refractivity contribution in [2.45, 2.75) is 36.9 Å². The van der Waals surface area contributed by atoms with E-state index in [1.807, 2.05) is 0 Å². The molecule has 1 saturated heterocycles. The van der Waals surface area contributed by atoms with Crippen molar-refractivity contribution in [2.75, 3.05) is 13.1 Å². The van der Waals surface area contributed by atoms with E-state index in [2.05, 4.69) is 45.1 Å². The highest BCUT2D eigenvalue weighted by molar-refractivity contribution is 9.09. The lowest BCUT2D eigenvalue weighted by Crippen LogP contribution is -2.43. The summed E-state index contributed by atoms with van der Waals surface area (Å²) in [6, 6.07) is 8.57. The fraction of sp³-hybridized carbons (Fsp3) is 0.562. The van der Waals surface area contributed by atoms with E-state index in [-0.39, 0.29) is 5.92 Å². The lowest BCUT2D eigenvalue weighted by atomic mass is 9.83. The second kappa shape index (κ2) is 5.66. The SMILES string of the molecule is O=C(C1CCc2ccccc2C1)N1CCC(Br)CC1. The van der Waals surface area contributed by atoms with Crippen molar-refractivity contribution in [3.63, 3.8) is 0 Å². The topological polar surface area (TPSA) is 20.3 Å². The van der Waals surface area contributed by atoms with Gasteiger partial charge in [0.05, 0.1) is 0 Å². The van der Waals surface area contributed by atoms with Crippen molar-refractivity contribution >= 4 is 21.8 Å². The fourth-order valence-electron chi connectivity index (χ4n) is 3.24. The summed E-state index contributed by atoms with van der Waals surface area (Å²) >= 11 is 3.64. The number of benzene rings is 1. The Morgan fingerprint density at radius 1 is 1.11 bits per heavy atom. The van der Waals surface area contributed by atoms with Crippen LogP contribution in [0.4, 0.5) is 0 Å². The van der Waals surface area contributed by atoms with Gasteiger partial charge >= 0.3 is 0 Å².